The minimum Gasteiger partial charge on any atom is -0.371 e. The molecule has 1 aliphatic rings. The summed E-state index contributed by atoms with van der Waals surface area (Å²) >= 11 is 0. The van der Waals surface area contributed by atoms with Gasteiger partial charge in [-0.15, -0.1) is 0 Å². The predicted octanol–water partition coefficient (Wildman–Crippen LogP) is 1.91. The number of sulfone groups is 1. The van der Waals surface area contributed by atoms with E-state index in [1.807, 2.05) is 19.2 Å². The lowest BCUT2D eigenvalue weighted by Crippen LogP contribution is -2.43. The number of anilines is 1. The third-order valence-corrected chi connectivity index (χ3v) is 5.38. The largest absolute Gasteiger partial charge is 0.371 e. The number of hydrogen-bond donors (Lipinski definition) is 1. The van der Waals surface area contributed by atoms with Crippen LogP contribution < -0.4 is 10.2 Å². The lowest BCUT2D eigenvalue weighted by molar-refractivity contribution is 0.333. The van der Waals surface area contributed by atoms with E-state index in [1.165, 1.54) is 19.1 Å². The third-order valence-electron chi connectivity index (χ3n) is 4.25. The predicted molar refractivity (Wildman–Crippen MR) is 83.0 cm³/mol. The zero-order valence-corrected chi connectivity index (χ0v) is 13.3. The molecule has 1 aromatic carbocycles. The third kappa shape index (κ3) is 3.52. The number of piperidine rings is 1. The molecule has 1 aromatic rings. The van der Waals surface area contributed by atoms with E-state index in [-0.39, 0.29) is 0 Å². The van der Waals surface area contributed by atoms with Gasteiger partial charge < -0.3 is 10.2 Å². The van der Waals surface area contributed by atoms with Gasteiger partial charge in [0.05, 0.1) is 4.90 Å². The van der Waals surface area contributed by atoms with Crippen LogP contribution in [0.4, 0.5) is 5.69 Å². The number of benzene rings is 1. The number of nitrogens with one attached hydrogen (secondary N) is 1. The van der Waals surface area contributed by atoms with Crippen molar-refractivity contribution in [1.82, 2.24) is 5.32 Å². The van der Waals surface area contributed by atoms with Crippen LogP contribution in [0, 0.1) is 5.92 Å². The van der Waals surface area contributed by atoms with Gasteiger partial charge >= 0.3 is 0 Å². The van der Waals surface area contributed by atoms with Gasteiger partial charge in [0.2, 0.25) is 0 Å². The van der Waals surface area contributed by atoms with Gasteiger partial charge in [0.1, 0.15) is 0 Å². The van der Waals surface area contributed by atoms with E-state index in [0.717, 1.165) is 18.8 Å². The smallest absolute Gasteiger partial charge is 0.175 e. The first-order chi connectivity index (χ1) is 9.41. The Balaban J connectivity index is 2.11. The van der Waals surface area contributed by atoms with Crippen LogP contribution in [0.25, 0.3) is 0 Å². The molecule has 1 N–H and O–H groups in total. The van der Waals surface area contributed by atoms with Crippen LogP contribution in [0.5, 0.6) is 0 Å². The van der Waals surface area contributed by atoms with Gasteiger partial charge in [-0.1, -0.05) is 0 Å². The Morgan fingerprint density at radius 3 is 2.50 bits per heavy atom. The van der Waals surface area contributed by atoms with E-state index in [4.69, 9.17) is 0 Å². The van der Waals surface area contributed by atoms with E-state index >= 15 is 0 Å². The monoisotopic (exact) mass is 296 g/mol. The summed E-state index contributed by atoms with van der Waals surface area (Å²) in [5.74, 6) is 0.642. The van der Waals surface area contributed by atoms with Crippen LogP contribution in [-0.4, -0.2) is 40.9 Å². The van der Waals surface area contributed by atoms with Crippen LogP contribution in [0.1, 0.15) is 19.8 Å². The maximum Gasteiger partial charge on any atom is 0.175 e. The summed E-state index contributed by atoms with van der Waals surface area (Å²) in [6, 6.07) is 7.75. The Hall–Kier alpha value is -1.07. The van der Waals surface area contributed by atoms with Gasteiger partial charge in [-0.2, -0.15) is 0 Å². The molecule has 0 aliphatic carbocycles. The first-order valence-corrected chi connectivity index (χ1v) is 9.03. The Labute approximate surface area is 122 Å². The topological polar surface area (TPSA) is 49.4 Å². The van der Waals surface area contributed by atoms with Crippen molar-refractivity contribution in [3.8, 4) is 0 Å². The summed E-state index contributed by atoms with van der Waals surface area (Å²) < 4.78 is 23.0. The van der Waals surface area contributed by atoms with E-state index in [1.54, 1.807) is 12.1 Å². The second-order valence-corrected chi connectivity index (χ2v) is 7.71. The van der Waals surface area contributed by atoms with Crippen molar-refractivity contribution in [3.05, 3.63) is 24.3 Å². The molecule has 2 rings (SSSR count). The van der Waals surface area contributed by atoms with E-state index in [0.29, 0.717) is 16.9 Å². The molecule has 1 heterocycles. The summed E-state index contributed by atoms with van der Waals surface area (Å²) in [5, 5.41) is 3.33. The summed E-state index contributed by atoms with van der Waals surface area (Å²) in [7, 11) is -1.10. The molecular formula is C15H24N2O2S. The molecule has 0 amide bonds. The van der Waals surface area contributed by atoms with Crippen molar-refractivity contribution in [2.24, 2.45) is 5.92 Å². The minimum absolute atomic E-state index is 0.387. The summed E-state index contributed by atoms with van der Waals surface area (Å²) in [4.78, 5) is 2.74. The van der Waals surface area contributed by atoms with E-state index in [9.17, 15) is 8.42 Å². The van der Waals surface area contributed by atoms with Crippen LogP contribution in [0.15, 0.2) is 29.2 Å². The second-order valence-electron chi connectivity index (χ2n) is 5.69. The van der Waals surface area contributed by atoms with Crippen molar-refractivity contribution in [3.63, 3.8) is 0 Å². The molecule has 112 valence electrons. The van der Waals surface area contributed by atoms with Crippen LogP contribution in [0.2, 0.25) is 0 Å². The van der Waals surface area contributed by atoms with Gasteiger partial charge in [-0.05, 0) is 57.0 Å². The molecule has 20 heavy (non-hydrogen) atoms. The Morgan fingerprint density at radius 1 is 1.30 bits per heavy atom. The number of hydrogen-bond acceptors (Lipinski definition) is 4. The highest BCUT2D eigenvalue weighted by Crippen LogP contribution is 2.26. The van der Waals surface area contributed by atoms with Crippen molar-refractivity contribution < 1.29 is 8.42 Å². The maximum atomic E-state index is 11.5. The number of nitrogens with zero attached hydrogens (tertiary/aromatic N) is 1. The van der Waals surface area contributed by atoms with Gasteiger partial charge in [-0.3, -0.25) is 0 Å². The van der Waals surface area contributed by atoms with E-state index < -0.39 is 9.84 Å². The summed E-state index contributed by atoms with van der Waals surface area (Å²) in [5.41, 5.74) is 1.12. The lowest BCUT2D eigenvalue weighted by atomic mass is 9.91. The van der Waals surface area contributed by atoms with Gasteiger partial charge in [0, 0.05) is 31.1 Å². The highest BCUT2D eigenvalue weighted by Gasteiger charge is 2.24. The van der Waals surface area contributed by atoms with E-state index in [2.05, 4.69) is 17.1 Å². The average Bonchev–Trinajstić information content (AvgIpc) is 2.46. The molecule has 0 spiro atoms. The summed E-state index contributed by atoms with van der Waals surface area (Å²) in [6.07, 6.45) is 3.68. The van der Waals surface area contributed by atoms with Crippen molar-refractivity contribution in [1.29, 1.82) is 0 Å². The molecule has 5 heteroatoms. The van der Waals surface area contributed by atoms with Gasteiger partial charge in [0.15, 0.2) is 9.84 Å². The van der Waals surface area contributed by atoms with Gasteiger partial charge in [-0.25, -0.2) is 8.42 Å². The molecule has 2 atom stereocenters. The standard InChI is InChI=1S/C15H24N2O2S/c1-12(16-2)13-5-4-10-17(11-13)14-6-8-15(9-7-14)20(3,18)19/h6-9,12-13,16H,4-5,10-11H2,1-3H3. The normalized spacial score (nSPS) is 21.8. The fourth-order valence-corrected chi connectivity index (χ4v) is 3.42. The van der Waals surface area contributed by atoms with Crippen molar-refractivity contribution >= 4 is 15.5 Å². The van der Waals surface area contributed by atoms with Crippen LogP contribution in [-0.2, 0) is 9.84 Å². The zero-order valence-electron chi connectivity index (χ0n) is 12.5. The van der Waals surface area contributed by atoms with Crippen LogP contribution >= 0.6 is 0 Å². The average molecular weight is 296 g/mol. The van der Waals surface area contributed by atoms with Crippen LogP contribution in [0.3, 0.4) is 0 Å². The zero-order chi connectivity index (χ0) is 14.8. The maximum absolute atomic E-state index is 11.5. The fraction of sp³-hybridized carbons (Fsp3) is 0.600. The van der Waals surface area contributed by atoms with Crippen molar-refractivity contribution in [2.45, 2.75) is 30.7 Å². The quantitative estimate of drug-likeness (QED) is 0.922. The molecule has 1 saturated heterocycles. The molecule has 1 fully saturated rings. The number of rotatable bonds is 4. The highest BCUT2D eigenvalue weighted by atomic mass is 32.2. The Morgan fingerprint density at radius 2 is 1.95 bits per heavy atom. The molecule has 2 unspecified atom stereocenters. The lowest BCUT2D eigenvalue weighted by Gasteiger charge is -2.37. The Bertz CT molecular complexity index is 539. The molecular weight excluding hydrogens is 272 g/mol. The highest BCUT2D eigenvalue weighted by molar-refractivity contribution is 7.90. The fourth-order valence-electron chi connectivity index (χ4n) is 2.79. The second kappa shape index (κ2) is 6.14. The molecule has 1 aliphatic heterocycles. The molecule has 0 saturated carbocycles. The first-order valence-electron chi connectivity index (χ1n) is 7.14. The van der Waals surface area contributed by atoms with Gasteiger partial charge in [0.25, 0.3) is 0 Å². The SMILES string of the molecule is CNC(C)C1CCCN(c2ccc(S(C)(=O)=O)cc2)C1. The van der Waals surface area contributed by atoms with Crippen molar-refractivity contribution in [2.75, 3.05) is 31.3 Å². The Kier molecular flexibility index (Phi) is 4.70. The molecule has 0 aromatic heterocycles. The first kappa shape index (κ1) is 15.3. The molecule has 0 bridgehead atoms. The molecule has 4 nitrogen and oxygen atoms in total. The summed E-state index contributed by atoms with van der Waals surface area (Å²) in [6.45, 7) is 4.30. The molecule has 0 radical (unpaired) electrons. The minimum atomic E-state index is -3.11.